The summed E-state index contributed by atoms with van der Waals surface area (Å²) in [6.07, 6.45) is 3.86. The first-order valence-corrected chi connectivity index (χ1v) is 5.92. The number of nitrogens with one attached hydrogen (secondary N) is 1. The van der Waals surface area contributed by atoms with E-state index in [0.29, 0.717) is 5.41 Å². The fourth-order valence-corrected chi connectivity index (χ4v) is 2.27. The van der Waals surface area contributed by atoms with Crippen LogP contribution in [0, 0.1) is 11.3 Å². The molecule has 84 valence electrons. The van der Waals surface area contributed by atoms with Crippen molar-refractivity contribution in [2.24, 2.45) is 11.3 Å². The van der Waals surface area contributed by atoms with Crippen LogP contribution >= 0.6 is 0 Å². The minimum absolute atomic E-state index is 0.442. The van der Waals surface area contributed by atoms with Crippen LogP contribution in [-0.2, 0) is 4.74 Å². The van der Waals surface area contributed by atoms with E-state index in [0.717, 1.165) is 32.2 Å². The van der Waals surface area contributed by atoms with E-state index in [9.17, 15) is 0 Å². The lowest BCUT2D eigenvalue weighted by molar-refractivity contribution is 0.0512. The summed E-state index contributed by atoms with van der Waals surface area (Å²) in [7, 11) is 0. The van der Waals surface area contributed by atoms with Crippen LogP contribution in [0.1, 0.15) is 40.0 Å². The van der Waals surface area contributed by atoms with Gasteiger partial charge in [-0.05, 0) is 37.1 Å². The molecule has 0 unspecified atom stereocenters. The van der Waals surface area contributed by atoms with Gasteiger partial charge in [-0.15, -0.1) is 0 Å². The second-order valence-corrected chi connectivity index (χ2v) is 5.20. The summed E-state index contributed by atoms with van der Waals surface area (Å²) in [4.78, 5) is 0. The highest BCUT2D eigenvalue weighted by molar-refractivity contribution is 4.77. The summed E-state index contributed by atoms with van der Waals surface area (Å²) in [6.45, 7) is 11.1. The molecule has 1 rings (SSSR count). The Morgan fingerprint density at radius 2 is 1.93 bits per heavy atom. The second-order valence-electron chi connectivity index (χ2n) is 5.20. The molecule has 1 fully saturated rings. The molecule has 2 heteroatoms. The topological polar surface area (TPSA) is 21.3 Å². The molecule has 1 aliphatic heterocycles. The Hall–Kier alpha value is -0.0800. The van der Waals surface area contributed by atoms with Crippen LogP contribution < -0.4 is 5.32 Å². The molecule has 1 heterocycles. The van der Waals surface area contributed by atoms with Crippen molar-refractivity contribution >= 4 is 0 Å². The minimum atomic E-state index is 0.442. The average molecular weight is 199 g/mol. The molecule has 0 spiro atoms. The Balaban J connectivity index is 2.25. The number of hydrogen-bond acceptors (Lipinski definition) is 2. The molecule has 0 aliphatic carbocycles. The van der Waals surface area contributed by atoms with Crippen molar-refractivity contribution in [3.8, 4) is 0 Å². The van der Waals surface area contributed by atoms with Gasteiger partial charge in [-0.3, -0.25) is 0 Å². The lowest BCUT2D eigenvalue weighted by Crippen LogP contribution is -2.32. The molecule has 1 N–H and O–H groups in total. The van der Waals surface area contributed by atoms with E-state index in [2.05, 4.69) is 26.1 Å². The van der Waals surface area contributed by atoms with Gasteiger partial charge in [0, 0.05) is 19.8 Å². The first-order valence-electron chi connectivity index (χ1n) is 5.92. The molecule has 0 aromatic heterocycles. The van der Waals surface area contributed by atoms with E-state index in [-0.39, 0.29) is 0 Å². The lowest BCUT2D eigenvalue weighted by atomic mass is 9.80. The molecule has 1 aliphatic rings. The highest BCUT2D eigenvalue weighted by Gasteiger charge is 2.24. The van der Waals surface area contributed by atoms with Crippen LogP contribution in [0.2, 0.25) is 0 Å². The third-order valence-corrected chi connectivity index (χ3v) is 3.04. The quantitative estimate of drug-likeness (QED) is 0.734. The fourth-order valence-electron chi connectivity index (χ4n) is 2.27. The van der Waals surface area contributed by atoms with E-state index in [1.807, 2.05) is 0 Å². The average Bonchev–Trinajstić information content (AvgIpc) is 2.16. The van der Waals surface area contributed by atoms with Crippen molar-refractivity contribution in [3.05, 3.63) is 0 Å². The van der Waals surface area contributed by atoms with Crippen LogP contribution in [0.4, 0.5) is 0 Å². The van der Waals surface area contributed by atoms with Gasteiger partial charge in [0.15, 0.2) is 0 Å². The van der Waals surface area contributed by atoms with Gasteiger partial charge >= 0.3 is 0 Å². The first-order chi connectivity index (χ1) is 6.64. The Morgan fingerprint density at radius 1 is 1.29 bits per heavy atom. The van der Waals surface area contributed by atoms with E-state index in [1.54, 1.807) is 0 Å². The zero-order valence-corrected chi connectivity index (χ0v) is 9.94. The molecular formula is C12H25NO. The molecule has 2 nitrogen and oxygen atoms in total. The maximum absolute atomic E-state index is 5.38. The smallest absolute Gasteiger partial charge is 0.0468 e. The molecule has 0 bridgehead atoms. The molecule has 0 radical (unpaired) electrons. The lowest BCUT2D eigenvalue weighted by Gasteiger charge is -2.32. The van der Waals surface area contributed by atoms with E-state index in [1.165, 1.54) is 19.3 Å². The summed E-state index contributed by atoms with van der Waals surface area (Å²) in [5.74, 6) is 0.886. The van der Waals surface area contributed by atoms with E-state index in [4.69, 9.17) is 4.74 Å². The van der Waals surface area contributed by atoms with Crippen molar-refractivity contribution in [2.75, 3.05) is 26.3 Å². The van der Waals surface area contributed by atoms with Crippen LogP contribution in [-0.4, -0.2) is 26.3 Å². The van der Waals surface area contributed by atoms with Crippen LogP contribution in [0.5, 0.6) is 0 Å². The van der Waals surface area contributed by atoms with Gasteiger partial charge in [-0.25, -0.2) is 0 Å². The predicted octanol–water partition coefficient (Wildman–Crippen LogP) is 2.44. The molecule has 0 amide bonds. The SMILES string of the molecule is CCNCC(C)(C)CC1CCOCC1. The zero-order valence-electron chi connectivity index (χ0n) is 9.94. The van der Waals surface area contributed by atoms with Gasteiger partial charge in [0.1, 0.15) is 0 Å². The molecule has 1 saturated heterocycles. The van der Waals surface area contributed by atoms with Gasteiger partial charge in [-0.1, -0.05) is 20.8 Å². The summed E-state index contributed by atoms with van der Waals surface area (Å²) in [5.41, 5.74) is 0.442. The van der Waals surface area contributed by atoms with Gasteiger partial charge in [0.2, 0.25) is 0 Å². The summed E-state index contributed by atoms with van der Waals surface area (Å²) in [6, 6.07) is 0. The minimum Gasteiger partial charge on any atom is -0.381 e. The molecular weight excluding hydrogens is 174 g/mol. The number of rotatable bonds is 5. The van der Waals surface area contributed by atoms with Crippen molar-refractivity contribution in [1.29, 1.82) is 0 Å². The van der Waals surface area contributed by atoms with Crippen molar-refractivity contribution in [2.45, 2.75) is 40.0 Å². The van der Waals surface area contributed by atoms with Crippen molar-refractivity contribution in [1.82, 2.24) is 5.32 Å². The largest absolute Gasteiger partial charge is 0.381 e. The van der Waals surface area contributed by atoms with E-state index >= 15 is 0 Å². The molecule has 0 atom stereocenters. The predicted molar refractivity (Wildman–Crippen MR) is 60.5 cm³/mol. The van der Waals surface area contributed by atoms with Crippen LogP contribution in [0.3, 0.4) is 0 Å². The first kappa shape index (κ1) is 12.0. The van der Waals surface area contributed by atoms with E-state index < -0.39 is 0 Å². The third-order valence-electron chi connectivity index (χ3n) is 3.04. The summed E-state index contributed by atoms with van der Waals surface area (Å²) in [5, 5.41) is 3.45. The Labute approximate surface area is 88.4 Å². The molecule has 0 aromatic carbocycles. The van der Waals surface area contributed by atoms with Gasteiger partial charge < -0.3 is 10.1 Å². The molecule has 0 saturated carbocycles. The summed E-state index contributed by atoms with van der Waals surface area (Å²) < 4.78 is 5.38. The monoisotopic (exact) mass is 199 g/mol. The highest BCUT2D eigenvalue weighted by atomic mass is 16.5. The number of ether oxygens (including phenoxy) is 1. The number of hydrogen-bond donors (Lipinski definition) is 1. The highest BCUT2D eigenvalue weighted by Crippen LogP contribution is 2.30. The normalized spacial score (nSPS) is 19.9. The van der Waals surface area contributed by atoms with Crippen molar-refractivity contribution < 1.29 is 4.74 Å². The second kappa shape index (κ2) is 5.72. The standard InChI is InChI=1S/C12H25NO/c1-4-13-10-12(2,3)9-11-5-7-14-8-6-11/h11,13H,4-10H2,1-3H3. The third kappa shape index (κ3) is 4.43. The van der Waals surface area contributed by atoms with Gasteiger partial charge in [-0.2, -0.15) is 0 Å². The Bertz CT molecular complexity index is 150. The zero-order chi connectivity index (χ0) is 10.4. The summed E-state index contributed by atoms with van der Waals surface area (Å²) >= 11 is 0. The Morgan fingerprint density at radius 3 is 2.50 bits per heavy atom. The molecule has 14 heavy (non-hydrogen) atoms. The maximum atomic E-state index is 5.38. The van der Waals surface area contributed by atoms with Gasteiger partial charge in [0.25, 0.3) is 0 Å². The maximum Gasteiger partial charge on any atom is 0.0468 e. The van der Waals surface area contributed by atoms with Crippen LogP contribution in [0.25, 0.3) is 0 Å². The van der Waals surface area contributed by atoms with Crippen LogP contribution in [0.15, 0.2) is 0 Å². The van der Waals surface area contributed by atoms with Crippen molar-refractivity contribution in [3.63, 3.8) is 0 Å². The molecule has 0 aromatic rings. The van der Waals surface area contributed by atoms with Gasteiger partial charge in [0.05, 0.1) is 0 Å². The fraction of sp³-hybridized carbons (Fsp3) is 1.00. The Kier molecular flexibility index (Phi) is 4.90.